The Bertz CT molecular complexity index is 785. The van der Waals surface area contributed by atoms with Crippen molar-refractivity contribution in [3.05, 3.63) is 65.2 Å². The van der Waals surface area contributed by atoms with Crippen LogP contribution in [-0.2, 0) is 20.5 Å². The zero-order chi connectivity index (χ0) is 16.9. The van der Waals surface area contributed by atoms with Gasteiger partial charge < -0.3 is 4.74 Å². The van der Waals surface area contributed by atoms with Gasteiger partial charge in [0, 0.05) is 0 Å². The van der Waals surface area contributed by atoms with Crippen LogP contribution in [0.15, 0.2) is 48.5 Å². The minimum atomic E-state index is -3.57. The molecule has 0 heterocycles. The van der Waals surface area contributed by atoms with Crippen LogP contribution in [0.25, 0.3) is 0 Å². The van der Waals surface area contributed by atoms with E-state index in [2.05, 4.69) is 4.72 Å². The number of sulfonamides is 1. The summed E-state index contributed by atoms with van der Waals surface area (Å²) in [6.45, 7) is 3.68. The minimum absolute atomic E-state index is 0.128. The first-order chi connectivity index (χ1) is 10.9. The van der Waals surface area contributed by atoms with E-state index in [0.29, 0.717) is 22.4 Å². The predicted molar refractivity (Wildman–Crippen MR) is 89.8 cm³/mol. The SMILES string of the molecule is CCOC(=O)c1cccc(NS(=O)(=O)Cc2ccccc2)c1C. The molecular formula is C17H19NO4S. The molecule has 0 saturated heterocycles. The number of hydrogen-bond donors (Lipinski definition) is 1. The van der Waals surface area contributed by atoms with Crippen LogP contribution < -0.4 is 4.72 Å². The van der Waals surface area contributed by atoms with Gasteiger partial charge in [-0.05, 0) is 37.1 Å². The number of rotatable bonds is 6. The molecule has 0 fully saturated rings. The number of anilines is 1. The highest BCUT2D eigenvalue weighted by molar-refractivity contribution is 7.91. The molecule has 5 nitrogen and oxygen atoms in total. The van der Waals surface area contributed by atoms with Crippen molar-refractivity contribution in [3.63, 3.8) is 0 Å². The molecule has 0 amide bonds. The van der Waals surface area contributed by atoms with E-state index in [9.17, 15) is 13.2 Å². The molecule has 0 unspecified atom stereocenters. The zero-order valence-corrected chi connectivity index (χ0v) is 13.9. The van der Waals surface area contributed by atoms with Crippen LogP contribution in [-0.4, -0.2) is 21.0 Å². The Hall–Kier alpha value is -2.34. The molecule has 0 saturated carbocycles. The van der Waals surface area contributed by atoms with E-state index in [1.165, 1.54) is 0 Å². The number of carbonyl (C=O) groups is 1. The standard InChI is InChI=1S/C17H19NO4S/c1-3-22-17(19)15-10-7-11-16(13(15)2)18-23(20,21)12-14-8-5-4-6-9-14/h4-11,18H,3,12H2,1-2H3. The quantitative estimate of drug-likeness (QED) is 0.825. The average Bonchev–Trinajstić information content (AvgIpc) is 2.50. The van der Waals surface area contributed by atoms with Crippen molar-refractivity contribution >= 4 is 21.7 Å². The molecule has 0 aliphatic rings. The summed E-state index contributed by atoms with van der Waals surface area (Å²) in [4.78, 5) is 11.9. The van der Waals surface area contributed by atoms with Gasteiger partial charge in [0.05, 0.1) is 23.6 Å². The fourth-order valence-electron chi connectivity index (χ4n) is 2.17. The van der Waals surface area contributed by atoms with Crippen LogP contribution in [0.4, 0.5) is 5.69 Å². The van der Waals surface area contributed by atoms with Crippen molar-refractivity contribution in [1.82, 2.24) is 0 Å². The highest BCUT2D eigenvalue weighted by Gasteiger charge is 2.17. The van der Waals surface area contributed by atoms with Crippen LogP contribution in [0.1, 0.15) is 28.4 Å². The van der Waals surface area contributed by atoms with Gasteiger partial charge in [0.2, 0.25) is 10.0 Å². The maximum Gasteiger partial charge on any atom is 0.338 e. The van der Waals surface area contributed by atoms with Crippen LogP contribution >= 0.6 is 0 Å². The van der Waals surface area contributed by atoms with Gasteiger partial charge in [-0.25, -0.2) is 13.2 Å². The summed E-state index contributed by atoms with van der Waals surface area (Å²) in [5.74, 6) is -0.592. The summed E-state index contributed by atoms with van der Waals surface area (Å²) in [5, 5.41) is 0. The molecule has 2 aromatic rings. The van der Waals surface area contributed by atoms with E-state index in [1.807, 2.05) is 6.07 Å². The Morgan fingerprint density at radius 3 is 2.43 bits per heavy atom. The van der Waals surface area contributed by atoms with E-state index in [-0.39, 0.29) is 12.4 Å². The van der Waals surface area contributed by atoms with E-state index in [1.54, 1.807) is 56.3 Å². The summed E-state index contributed by atoms with van der Waals surface area (Å²) < 4.78 is 32.1. The molecule has 2 aromatic carbocycles. The molecule has 23 heavy (non-hydrogen) atoms. The monoisotopic (exact) mass is 333 g/mol. The van der Waals surface area contributed by atoms with Gasteiger partial charge in [0.25, 0.3) is 0 Å². The highest BCUT2D eigenvalue weighted by atomic mass is 32.2. The minimum Gasteiger partial charge on any atom is -0.462 e. The molecule has 6 heteroatoms. The Kier molecular flexibility index (Phi) is 5.39. The van der Waals surface area contributed by atoms with Gasteiger partial charge in [-0.1, -0.05) is 36.4 Å². The molecule has 0 aliphatic carbocycles. The second-order valence-electron chi connectivity index (χ2n) is 5.05. The first kappa shape index (κ1) is 17.0. The summed E-state index contributed by atoms with van der Waals surface area (Å²) in [6, 6.07) is 13.8. The number of esters is 1. The summed E-state index contributed by atoms with van der Waals surface area (Å²) in [6.07, 6.45) is 0. The van der Waals surface area contributed by atoms with E-state index >= 15 is 0 Å². The smallest absolute Gasteiger partial charge is 0.338 e. The largest absolute Gasteiger partial charge is 0.462 e. The average molecular weight is 333 g/mol. The number of carbonyl (C=O) groups excluding carboxylic acids is 1. The maximum absolute atomic E-state index is 12.3. The Labute approximate surface area is 136 Å². The van der Waals surface area contributed by atoms with Crippen molar-refractivity contribution in [3.8, 4) is 0 Å². The van der Waals surface area contributed by atoms with Crippen LogP contribution in [0.3, 0.4) is 0 Å². The lowest BCUT2D eigenvalue weighted by molar-refractivity contribution is 0.0525. The van der Waals surface area contributed by atoms with Crippen molar-refractivity contribution in [2.75, 3.05) is 11.3 Å². The van der Waals surface area contributed by atoms with Crippen LogP contribution in [0.2, 0.25) is 0 Å². The second kappa shape index (κ2) is 7.28. The third-order valence-electron chi connectivity index (χ3n) is 3.29. The summed E-state index contributed by atoms with van der Waals surface area (Å²) >= 11 is 0. The molecule has 0 aliphatic heterocycles. The van der Waals surface area contributed by atoms with E-state index in [0.717, 1.165) is 0 Å². The Morgan fingerprint density at radius 1 is 1.09 bits per heavy atom. The molecule has 0 bridgehead atoms. The molecule has 1 N–H and O–H groups in total. The fourth-order valence-corrected chi connectivity index (χ4v) is 3.43. The first-order valence-electron chi connectivity index (χ1n) is 7.24. The predicted octanol–water partition coefficient (Wildman–Crippen LogP) is 3.11. The fraction of sp³-hybridized carbons (Fsp3) is 0.235. The van der Waals surface area contributed by atoms with E-state index in [4.69, 9.17) is 4.74 Å². The van der Waals surface area contributed by atoms with Gasteiger partial charge in [-0.2, -0.15) is 0 Å². The first-order valence-corrected chi connectivity index (χ1v) is 8.89. The van der Waals surface area contributed by atoms with E-state index < -0.39 is 16.0 Å². The normalized spacial score (nSPS) is 11.0. The molecule has 0 aromatic heterocycles. The van der Waals surface area contributed by atoms with Gasteiger partial charge in [0.1, 0.15) is 0 Å². The number of nitrogens with one attached hydrogen (secondary N) is 1. The lowest BCUT2D eigenvalue weighted by atomic mass is 10.1. The topological polar surface area (TPSA) is 72.5 Å². The number of benzene rings is 2. The molecule has 2 rings (SSSR count). The van der Waals surface area contributed by atoms with Crippen molar-refractivity contribution in [2.45, 2.75) is 19.6 Å². The van der Waals surface area contributed by atoms with Crippen molar-refractivity contribution in [2.24, 2.45) is 0 Å². The Morgan fingerprint density at radius 2 is 1.78 bits per heavy atom. The molecule has 0 spiro atoms. The van der Waals surface area contributed by atoms with Gasteiger partial charge in [-0.3, -0.25) is 4.72 Å². The second-order valence-corrected chi connectivity index (χ2v) is 6.77. The van der Waals surface area contributed by atoms with Gasteiger partial charge in [0.15, 0.2) is 0 Å². The lowest BCUT2D eigenvalue weighted by Gasteiger charge is -2.13. The molecule has 122 valence electrons. The van der Waals surface area contributed by atoms with Crippen molar-refractivity contribution < 1.29 is 17.9 Å². The molecule has 0 atom stereocenters. The van der Waals surface area contributed by atoms with Crippen LogP contribution in [0.5, 0.6) is 0 Å². The Balaban J connectivity index is 2.22. The summed E-state index contributed by atoms with van der Waals surface area (Å²) in [7, 11) is -3.57. The molecule has 0 radical (unpaired) electrons. The van der Waals surface area contributed by atoms with Gasteiger partial charge >= 0.3 is 5.97 Å². The zero-order valence-electron chi connectivity index (χ0n) is 13.1. The van der Waals surface area contributed by atoms with Crippen LogP contribution in [0, 0.1) is 6.92 Å². The van der Waals surface area contributed by atoms with Gasteiger partial charge in [-0.15, -0.1) is 0 Å². The number of ether oxygens (including phenoxy) is 1. The lowest BCUT2D eigenvalue weighted by Crippen LogP contribution is -2.17. The summed E-state index contributed by atoms with van der Waals surface area (Å²) in [5.41, 5.74) is 1.97. The number of hydrogen-bond acceptors (Lipinski definition) is 4. The third-order valence-corrected chi connectivity index (χ3v) is 4.54. The highest BCUT2D eigenvalue weighted by Crippen LogP contribution is 2.22. The maximum atomic E-state index is 12.3. The molecular weight excluding hydrogens is 314 g/mol. The van der Waals surface area contributed by atoms with Crippen molar-refractivity contribution in [1.29, 1.82) is 0 Å². The third kappa shape index (κ3) is 4.56.